The van der Waals surface area contributed by atoms with Gasteiger partial charge in [0, 0.05) is 25.7 Å². The Bertz CT molecular complexity index is 867. The van der Waals surface area contributed by atoms with E-state index in [-0.39, 0.29) is 13.1 Å². The van der Waals surface area contributed by atoms with Crippen molar-refractivity contribution in [1.82, 2.24) is 14.7 Å². The number of carbonyl (C=O) groups excluding carboxylic acids is 4. The van der Waals surface area contributed by atoms with Crippen LogP contribution in [0.1, 0.15) is 37.7 Å². The lowest BCUT2D eigenvalue weighted by Crippen LogP contribution is -2.42. The van der Waals surface area contributed by atoms with Gasteiger partial charge in [0.15, 0.2) is 0 Å². The van der Waals surface area contributed by atoms with Gasteiger partial charge in [0.2, 0.25) is 5.91 Å². The first-order chi connectivity index (χ1) is 13.9. The highest BCUT2D eigenvalue weighted by atomic mass is 19.1. The van der Waals surface area contributed by atoms with Gasteiger partial charge in [-0.3, -0.25) is 19.3 Å². The van der Waals surface area contributed by atoms with E-state index in [1.165, 1.54) is 23.6 Å². The quantitative estimate of drug-likeness (QED) is 0.400. The van der Waals surface area contributed by atoms with Gasteiger partial charge in [0.1, 0.15) is 12.4 Å². The monoisotopic (exact) mass is 401 g/mol. The number of benzene rings is 1. The molecule has 1 saturated heterocycles. The molecule has 0 saturated carbocycles. The van der Waals surface area contributed by atoms with Gasteiger partial charge in [-0.15, -0.1) is 0 Å². The molecule has 2 aliphatic rings. The van der Waals surface area contributed by atoms with Gasteiger partial charge < -0.3 is 4.90 Å². The summed E-state index contributed by atoms with van der Waals surface area (Å²) >= 11 is 0. The van der Waals surface area contributed by atoms with Gasteiger partial charge in [-0.25, -0.2) is 14.1 Å². The number of likely N-dealkylation sites (N-methyl/N-ethyl adjacent to an activating group) is 1. The summed E-state index contributed by atoms with van der Waals surface area (Å²) in [5.74, 6) is -2.91. The third-order valence-electron chi connectivity index (χ3n) is 5.26. The second-order valence-corrected chi connectivity index (χ2v) is 7.33. The highest BCUT2D eigenvalue weighted by Crippen LogP contribution is 2.22. The zero-order chi connectivity index (χ0) is 21.0. The van der Waals surface area contributed by atoms with Crippen molar-refractivity contribution in [2.24, 2.45) is 0 Å². The van der Waals surface area contributed by atoms with Crippen molar-refractivity contribution in [2.45, 2.75) is 38.6 Å². The normalized spacial score (nSPS) is 17.0. The average molecular weight is 401 g/mol. The van der Waals surface area contributed by atoms with Crippen LogP contribution in [0.4, 0.5) is 9.18 Å². The fourth-order valence-corrected chi connectivity index (χ4v) is 3.50. The highest BCUT2D eigenvalue weighted by Gasteiger charge is 2.45. The first-order valence-corrected chi connectivity index (χ1v) is 9.71. The van der Waals surface area contributed by atoms with Crippen molar-refractivity contribution < 1.29 is 23.6 Å². The molecule has 1 aliphatic carbocycles. The van der Waals surface area contributed by atoms with Gasteiger partial charge in [0.25, 0.3) is 0 Å². The van der Waals surface area contributed by atoms with E-state index in [4.69, 9.17) is 0 Å². The Hall–Kier alpha value is -3.03. The lowest BCUT2D eigenvalue weighted by Gasteiger charge is -2.21. The molecule has 0 radical (unpaired) electrons. The topological polar surface area (TPSA) is 78.0 Å². The molecule has 0 unspecified atom stereocenters. The van der Waals surface area contributed by atoms with E-state index in [1.807, 2.05) is 0 Å². The first kappa shape index (κ1) is 20.7. The molecule has 7 nitrogen and oxygen atoms in total. The number of carbonyl (C=O) groups is 4. The Morgan fingerprint density at radius 1 is 1.10 bits per heavy atom. The summed E-state index contributed by atoms with van der Waals surface area (Å²) in [5, 5.41) is 0. The van der Waals surface area contributed by atoms with E-state index in [0.717, 1.165) is 30.6 Å². The van der Waals surface area contributed by atoms with Crippen LogP contribution in [-0.2, 0) is 20.9 Å². The Balaban J connectivity index is 1.59. The van der Waals surface area contributed by atoms with Gasteiger partial charge in [-0.05, 0) is 38.2 Å². The van der Waals surface area contributed by atoms with Crippen LogP contribution in [0.3, 0.4) is 0 Å². The summed E-state index contributed by atoms with van der Waals surface area (Å²) in [4.78, 5) is 52.2. The van der Waals surface area contributed by atoms with Gasteiger partial charge in [0.05, 0.1) is 0 Å². The molecule has 3 rings (SSSR count). The van der Waals surface area contributed by atoms with Gasteiger partial charge in [-0.1, -0.05) is 29.8 Å². The summed E-state index contributed by atoms with van der Waals surface area (Å²) in [5.41, 5.74) is 1.50. The third kappa shape index (κ3) is 4.70. The van der Waals surface area contributed by atoms with Gasteiger partial charge in [-0.2, -0.15) is 0 Å². The number of allylic oxidation sites excluding steroid dienone is 1. The van der Waals surface area contributed by atoms with Crippen LogP contribution in [-0.4, -0.2) is 58.6 Å². The molecule has 1 fully saturated rings. The van der Waals surface area contributed by atoms with Crippen LogP contribution in [0.2, 0.25) is 0 Å². The zero-order valence-electron chi connectivity index (χ0n) is 16.4. The maximum atomic E-state index is 13.8. The number of urea groups is 1. The molecule has 154 valence electrons. The number of imide groups is 2. The Morgan fingerprint density at radius 2 is 1.83 bits per heavy atom. The fourth-order valence-electron chi connectivity index (χ4n) is 3.50. The smallest absolute Gasteiger partial charge is 0.334 e. The lowest BCUT2D eigenvalue weighted by molar-refractivity contribution is -0.144. The summed E-state index contributed by atoms with van der Waals surface area (Å²) < 4.78 is 13.8. The summed E-state index contributed by atoms with van der Waals surface area (Å²) in [6, 6.07) is 5.27. The van der Waals surface area contributed by atoms with E-state index in [2.05, 4.69) is 6.08 Å². The molecule has 8 heteroatoms. The molecule has 0 bridgehead atoms. The average Bonchev–Trinajstić information content (AvgIpc) is 2.92. The van der Waals surface area contributed by atoms with Crippen molar-refractivity contribution in [3.63, 3.8) is 0 Å². The molecule has 1 aromatic rings. The van der Waals surface area contributed by atoms with E-state index in [0.29, 0.717) is 16.9 Å². The lowest BCUT2D eigenvalue weighted by atomic mass is 9.97. The van der Waals surface area contributed by atoms with Crippen LogP contribution in [0, 0.1) is 5.82 Å². The van der Waals surface area contributed by atoms with Crippen molar-refractivity contribution in [3.05, 3.63) is 47.3 Å². The van der Waals surface area contributed by atoms with Crippen LogP contribution in [0.25, 0.3) is 0 Å². The zero-order valence-corrected chi connectivity index (χ0v) is 16.4. The number of nitrogens with zero attached hydrogens (tertiary/aromatic N) is 3. The second-order valence-electron chi connectivity index (χ2n) is 7.33. The van der Waals surface area contributed by atoms with E-state index >= 15 is 0 Å². The molecule has 0 aromatic heterocycles. The highest BCUT2D eigenvalue weighted by molar-refractivity contribution is 6.45. The molecule has 0 N–H and O–H groups in total. The fraction of sp³-hybridized carbons (Fsp3) is 0.429. The molecular formula is C21H24FN3O4. The summed E-state index contributed by atoms with van der Waals surface area (Å²) in [6.07, 6.45) is 6.81. The molecule has 0 spiro atoms. The van der Waals surface area contributed by atoms with Crippen molar-refractivity contribution in [3.8, 4) is 0 Å². The predicted octanol–water partition coefficient (Wildman–Crippen LogP) is 2.47. The minimum Gasteiger partial charge on any atom is -0.340 e. The van der Waals surface area contributed by atoms with Gasteiger partial charge >= 0.3 is 17.8 Å². The number of hydrogen-bond donors (Lipinski definition) is 0. The van der Waals surface area contributed by atoms with Crippen LogP contribution in [0.5, 0.6) is 0 Å². The third-order valence-corrected chi connectivity index (χ3v) is 5.26. The van der Waals surface area contributed by atoms with E-state index < -0.39 is 36.1 Å². The predicted molar refractivity (Wildman–Crippen MR) is 103 cm³/mol. The van der Waals surface area contributed by atoms with Crippen molar-refractivity contribution >= 4 is 23.8 Å². The maximum Gasteiger partial charge on any atom is 0.334 e. The first-order valence-electron chi connectivity index (χ1n) is 9.71. The van der Waals surface area contributed by atoms with Crippen LogP contribution in [0.15, 0.2) is 35.9 Å². The number of amides is 5. The number of halogens is 1. The van der Waals surface area contributed by atoms with Crippen LogP contribution >= 0.6 is 0 Å². The molecule has 0 atom stereocenters. The van der Waals surface area contributed by atoms with Crippen molar-refractivity contribution in [1.29, 1.82) is 0 Å². The molecule has 1 aliphatic heterocycles. The molecular weight excluding hydrogens is 377 g/mol. The Labute approximate surface area is 168 Å². The van der Waals surface area contributed by atoms with E-state index in [1.54, 1.807) is 18.2 Å². The minimum absolute atomic E-state index is 0.00641. The molecule has 29 heavy (non-hydrogen) atoms. The SMILES string of the molecule is CN(Cc1ccccc1F)C(=O)CN1C(=O)C(=O)N(CCC2=CCCCC2)C1=O. The molecule has 5 amide bonds. The maximum absolute atomic E-state index is 13.8. The van der Waals surface area contributed by atoms with Crippen molar-refractivity contribution in [2.75, 3.05) is 20.1 Å². The largest absolute Gasteiger partial charge is 0.340 e. The summed E-state index contributed by atoms with van der Waals surface area (Å²) in [6.45, 7) is -0.425. The Morgan fingerprint density at radius 3 is 2.52 bits per heavy atom. The molecule has 1 heterocycles. The van der Waals surface area contributed by atoms with E-state index in [9.17, 15) is 23.6 Å². The standard InChI is InChI=1S/C21H24FN3O4/c1-23(13-16-9-5-6-10-17(16)22)18(26)14-25-20(28)19(27)24(21(25)29)12-11-15-7-3-2-4-8-15/h5-7,9-10H,2-4,8,11-14H2,1H3. The molecule has 1 aromatic carbocycles. The van der Waals surface area contributed by atoms with Crippen LogP contribution < -0.4 is 0 Å². The number of hydrogen-bond acceptors (Lipinski definition) is 4. The summed E-state index contributed by atoms with van der Waals surface area (Å²) in [7, 11) is 1.45. The second kappa shape index (κ2) is 8.98. The Kier molecular flexibility index (Phi) is 6.41. The number of rotatable bonds is 7. The minimum atomic E-state index is -1.000.